The molecule has 0 fully saturated rings. The summed E-state index contributed by atoms with van der Waals surface area (Å²) in [4.78, 5) is 4.56. The molecule has 80 valence electrons. The van der Waals surface area contributed by atoms with Crippen LogP contribution in [0, 0.1) is 6.92 Å². The highest BCUT2D eigenvalue weighted by molar-refractivity contribution is 5.80. The van der Waals surface area contributed by atoms with Gasteiger partial charge in [-0.2, -0.15) is 0 Å². The molecule has 0 saturated heterocycles. The summed E-state index contributed by atoms with van der Waals surface area (Å²) in [6.45, 7) is 6.02. The van der Waals surface area contributed by atoms with Crippen molar-refractivity contribution < 1.29 is 0 Å². The van der Waals surface area contributed by atoms with Gasteiger partial charge >= 0.3 is 0 Å². The highest BCUT2D eigenvalue weighted by Gasteiger charge is 2.19. The molecule has 1 heterocycles. The summed E-state index contributed by atoms with van der Waals surface area (Å²) in [6.07, 6.45) is 0. The lowest BCUT2D eigenvalue weighted by atomic mass is 9.94. The average molecular weight is 203 g/mol. The molecular weight excluding hydrogens is 186 g/mol. The average Bonchev–Trinajstić information content (AvgIpc) is 2.41. The summed E-state index contributed by atoms with van der Waals surface area (Å²) in [5, 5.41) is 0. The molecule has 1 aromatic carbocycles. The summed E-state index contributed by atoms with van der Waals surface area (Å²) in [5.41, 5.74) is 9.05. The van der Waals surface area contributed by atoms with E-state index in [0.29, 0.717) is 0 Å². The largest absolute Gasteiger partial charge is 0.331 e. The second-order valence-corrected chi connectivity index (χ2v) is 4.61. The maximum atomic E-state index is 6.13. The van der Waals surface area contributed by atoms with E-state index in [1.807, 2.05) is 33.9 Å². The Morgan fingerprint density at radius 2 is 2.00 bits per heavy atom. The van der Waals surface area contributed by atoms with E-state index in [1.165, 1.54) is 0 Å². The van der Waals surface area contributed by atoms with Crippen LogP contribution in [0.4, 0.5) is 0 Å². The number of benzene rings is 1. The van der Waals surface area contributed by atoms with Gasteiger partial charge in [0.1, 0.15) is 5.82 Å². The van der Waals surface area contributed by atoms with Crippen LogP contribution in [-0.4, -0.2) is 9.55 Å². The van der Waals surface area contributed by atoms with Gasteiger partial charge in [-0.1, -0.05) is 12.1 Å². The Labute approximate surface area is 89.9 Å². The van der Waals surface area contributed by atoms with E-state index >= 15 is 0 Å². The van der Waals surface area contributed by atoms with Crippen molar-refractivity contribution in [1.82, 2.24) is 9.55 Å². The second kappa shape index (κ2) is 3.07. The van der Waals surface area contributed by atoms with Crippen LogP contribution in [0.1, 0.15) is 25.2 Å². The highest BCUT2D eigenvalue weighted by atomic mass is 15.1. The molecule has 0 radical (unpaired) electrons. The topological polar surface area (TPSA) is 43.8 Å². The first-order chi connectivity index (χ1) is 6.91. The van der Waals surface area contributed by atoms with Crippen molar-refractivity contribution in [2.45, 2.75) is 26.3 Å². The summed E-state index contributed by atoms with van der Waals surface area (Å²) in [7, 11) is 2.03. The normalized spacial score (nSPS) is 12.3. The van der Waals surface area contributed by atoms with E-state index in [1.54, 1.807) is 0 Å². The fraction of sp³-hybridized carbons (Fsp3) is 0.417. The second-order valence-electron chi connectivity index (χ2n) is 4.61. The van der Waals surface area contributed by atoms with Crippen LogP contribution in [0.25, 0.3) is 11.0 Å². The van der Waals surface area contributed by atoms with Crippen LogP contribution in [0.2, 0.25) is 0 Å². The number of aryl methyl sites for hydroxylation is 2. The molecule has 0 atom stereocenters. The van der Waals surface area contributed by atoms with Gasteiger partial charge in [-0.25, -0.2) is 4.98 Å². The molecule has 2 aromatic rings. The van der Waals surface area contributed by atoms with Gasteiger partial charge in [0.15, 0.2) is 0 Å². The Hall–Kier alpha value is -1.35. The number of rotatable bonds is 1. The van der Waals surface area contributed by atoms with Crippen LogP contribution in [-0.2, 0) is 12.6 Å². The number of imidazole rings is 1. The lowest BCUT2D eigenvalue weighted by Crippen LogP contribution is -2.28. The molecule has 1 aromatic heterocycles. The molecule has 0 aliphatic heterocycles. The number of nitrogens with two attached hydrogens (primary N) is 1. The number of para-hydroxylation sites is 1. The first kappa shape index (κ1) is 10.2. The summed E-state index contributed by atoms with van der Waals surface area (Å²) >= 11 is 0. The first-order valence-electron chi connectivity index (χ1n) is 5.12. The molecule has 0 saturated carbocycles. The molecule has 0 amide bonds. The van der Waals surface area contributed by atoms with Gasteiger partial charge in [0, 0.05) is 12.6 Å². The van der Waals surface area contributed by atoms with Gasteiger partial charge in [0.25, 0.3) is 0 Å². The molecule has 15 heavy (non-hydrogen) atoms. The quantitative estimate of drug-likeness (QED) is 0.771. The predicted molar refractivity (Wildman–Crippen MR) is 62.7 cm³/mol. The third-order valence-corrected chi connectivity index (χ3v) is 2.83. The van der Waals surface area contributed by atoms with Crippen molar-refractivity contribution in [3.05, 3.63) is 29.6 Å². The van der Waals surface area contributed by atoms with Crippen molar-refractivity contribution in [3.63, 3.8) is 0 Å². The van der Waals surface area contributed by atoms with Crippen molar-refractivity contribution >= 4 is 11.0 Å². The van der Waals surface area contributed by atoms with Gasteiger partial charge in [-0.05, 0) is 32.4 Å². The molecule has 0 aliphatic carbocycles. The predicted octanol–water partition coefficient (Wildman–Crippen LogP) is 2.08. The Bertz CT molecular complexity index is 503. The summed E-state index contributed by atoms with van der Waals surface area (Å²) in [6, 6.07) is 6.16. The standard InChI is InChI=1S/C12H17N3/c1-8-14-11-9(12(2,3)13)6-5-7-10(11)15(8)4/h5-7H,13H2,1-4H3. The molecule has 3 nitrogen and oxygen atoms in total. The Morgan fingerprint density at radius 1 is 1.33 bits per heavy atom. The zero-order chi connectivity index (χ0) is 11.2. The lowest BCUT2D eigenvalue weighted by Gasteiger charge is -2.19. The SMILES string of the molecule is Cc1nc2c(C(C)(C)N)cccc2n1C. The molecule has 2 rings (SSSR count). The van der Waals surface area contributed by atoms with Gasteiger partial charge in [-0.3, -0.25) is 0 Å². The van der Waals surface area contributed by atoms with Crippen molar-refractivity contribution in [2.24, 2.45) is 12.8 Å². The summed E-state index contributed by atoms with van der Waals surface area (Å²) in [5.74, 6) is 1.02. The maximum absolute atomic E-state index is 6.13. The molecule has 2 N–H and O–H groups in total. The van der Waals surface area contributed by atoms with Crippen LogP contribution < -0.4 is 5.73 Å². The van der Waals surface area contributed by atoms with Crippen LogP contribution in [0.5, 0.6) is 0 Å². The Morgan fingerprint density at radius 3 is 2.60 bits per heavy atom. The Balaban J connectivity index is 2.83. The number of nitrogens with zero attached hydrogens (tertiary/aromatic N) is 2. The van der Waals surface area contributed by atoms with Crippen LogP contribution in [0.15, 0.2) is 18.2 Å². The lowest BCUT2D eigenvalue weighted by molar-refractivity contribution is 0.558. The fourth-order valence-electron chi connectivity index (χ4n) is 1.85. The molecule has 3 heteroatoms. The van der Waals surface area contributed by atoms with Crippen LogP contribution >= 0.6 is 0 Å². The van der Waals surface area contributed by atoms with E-state index < -0.39 is 0 Å². The van der Waals surface area contributed by atoms with Crippen molar-refractivity contribution in [2.75, 3.05) is 0 Å². The minimum Gasteiger partial charge on any atom is -0.331 e. The maximum Gasteiger partial charge on any atom is 0.106 e. The monoisotopic (exact) mass is 203 g/mol. The highest BCUT2D eigenvalue weighted by Crippen LogP contribution is 2.26. The molecule has 0 unspecified atom stereocenters. The minimum absolute atomic E-state index is 0.347. The van der Waals surface area contributed by atoms with E-state index in [9.17, 15) is 0 Å². The number of hydrogen-bond donors (Lipinski definition) is 1. The van der Waals surface area contributed by atoms with E-state index in [4.69, 9.17) is 5.73 Å². The van der Waals surface area contributed by atoms with Crippen LogP contribution in [0.3, 0.4) is 0 Å². The zero-order valence-electron chi connectivity index (χ0n) is 9.70. The Kier molecular flexibility index (Phi) is 2.08. The fourth-order valence-corrected chi connectivity index (χ4v) is 1.85. The van der Waals surface area contributed by atoms with Crippen molar-refractivity contribution in [3.8, 4) is 0 Å². The number of aromatic nitrogens is 2. The molecule has 0 aliphatic rings. The molecule has 0 spiro atoms. The van der Waals surface area contributed by atoms with E-state index in [-0.39, 0.29) is 5.54 Å². The van der Waals surface area contributed by atoms with Crippen molar-refractivity contribution in [1.29, 1.82) is 0 Å². The van der Waals surface area contributed by atoms with Gasteiger partial charge in [0.2, 0.25) is 0 Å². The number of fused-ring (bicyclic) bond motifs is 1. The third kappa shape index (κ3) is 1.53. The van der Waals surface area contributed by atoms with E-state index in [0.717, 1.165) is 22.4 Å². The smallest absolute Gasteiger partial charge is 0.106 e. The minimum atomic E-state index is -0.347. The number of hydrogen-bond acceptors (Lipinski definition) is 2. The van der Waals surface area contributed by atoms with Gasteiger partial charge in [-0.15, -0.1) is 0 Å². The molecular formula is C12H17N3. The van der Waals surface area contributed by atoms with Gasteiger partial charge in [0.05, 0.1) is 11.0 Å². The third-order valence-electron chi connectivity index (χ3n) is 2.83. The zero-order valence-corrected chi connectivity index (χ0v) is 9.70. The van der Waals surface area contributed by atoms with E-state index in [2.05, 4.69) is 21.7 Å². The van der Waals surface area contributed by atoms with Gasteiger partial charge < -0.3 is 10.3 Å². The molecule has 0 bridgehead atoms. The first-order valence-corrected chi connectivity index (χ1v) is 5.12. The summed E-state index contributed by atoms with van der Waals surface area (Å²) < 4.78 is 2.09.